The zero-order valence-electron chi connectivity index (χ0n) is 17.5. The van der Waals surface area contributed by atoms with Crippen molar-refractivity contribution >= 4 is 39.3 Å². The molecule has 0 saturated carbocycles. The second-order valence-corrected chi connectivity index (χ2v) is 9.44. The lowest BCUT2D eigenvalue weighted by atomic mass is 9.98. The number of nitrogens with one attached hydrogen (secondary N) is 1. The Bertz CT molecular complexity index is 1200. The van der Waals surface area contributed by atoms with Crippen LogP contribution in [0.4, 0.5) is 5.82 Å². The molecule has 0 radical (unpaired) electrons. The molecule has 2 heterocycles. The first-order valence-corrected chi connectivity index (χ1v) is 11.8. The third-order valence-corrected chi connectivity index (χ3v) is 6.32. The van der Waals surface area contributed by atoms with Crippen LogP contribution in [0.15, 0.2) is 30.3 Å². The maximum Gasteiger partial charge on any atom is 0.340 e. The number of ether oxygens (including phenoxy) is 1. The third kappa shape index (κ3) is 5.36. The Morgan fingerprint density at radius 3 is 2.69 bits per heavy atom. The number of amides is 1. The van der Waals surface area contributed by atoms with Gasteiger partial charge in [0.15, 0.2) is 0 Å². The van der Waals surface area contributed by atoms with Crippen LogP contribution in [0, 0.1) is 24.2 Å². The molecule has 1 N–H and O–H groups in total. The molecule has 32 heavy (non-hydrogen) atoms. The van der Waals surface area contributed by atoms with E-state index in [0.717, 1.165) is 0 Å². The van der Waals surface area contributed by atoms with E-state index < -0.39 is 27.8 Å². The molecule has 1 fully saturated rings. The van der Waals surface area contributed by atoms with Gasteiger partial charge in [0.05, 0.1) is 35.1 Å². The maximum atomic E-state index is 12.4. The normalized spacial score (nSPS) is 13.8. The summed E-state index contributed by atoms with van der Waals surface area (Å²) < 4.78 is 31.7. The lowest BCUT2D eigenvalue weighted by molar-refractivity contribution is -0.123. The van der Waals surface area contributed by atoms with Gasteiger partial charge in [0.1, 0.15) is 11.9 Å². The number of halogens is 1. The summed E-state index contributed by atoms with van der Waals surface area (Å²) >= 11 is 5.87. The molecule has 2 aromatic rings. The Morgan fingerprint density at radius 2 is 2.06 bits per heavy atom. The third-order valence-electron chi connectivity index (χ3n) is 4.86. The number of pyridine rings is 1. The van der Waals surface area contributed by atoms with Gasteiger partial charge in [-0.1, -0.05) is 23.7 Å². The molecule has 1 amide bonds. The van der Waals surface area contributed by atoms with Crippen LogP contribution in [0.3, 0.4) is 0 Å². The number of esters is 1. The second-order valence-electron chi connectivity index (χ2n) is 7.28. The summed E-state index contributed by atoms with van der Waals surface area (Å²) in [4.78, 5) is 30.5. The van der Waals surface area contributed by atoms with Crippen molar-refractivity contribution < 1.29 is 22.7 Å². The molecule has 168 valence electrons. The Hall–Kier alpha value is -3.16. The van der Waals surface area contributed by atoms with Gasteiger partial charge in [0, 0.05) is 18.1 Å². The van der Waals surface area contributed by atoms with Gasteiger partial charge >= 0.3 is 5.97 Å². The van der Waals surface area contributed by atoms with Gasteiger partial charge in [-0.05, 0) is 37.6 Å². The topological polar surface area (TPSA) is 129 Å². The molecule has 1 aromatic heterocycles. The van der Waals surface area contributed by atoms with Crippen LogP contribution >= 0.6 is 11.6 Å². The van der Waals surface area contributed by atoms with Gasteiger partial charge in [-0.25, -0.2) is 18.2 Å². The van der Waals surface area contributed by atoms with Crippen molar-refractivity contribution in [1.82, 2.24) is 9.71 Å². The fraction of sp³-hybridized carbons (Fsp3) is 0.333. The highest BCUT2D eigenvalue weighted by molar-refractivity contribution is 7.89. The van der Waals surface area contributed by atoms with Crippen LogP contribution < -0.4 is 9.62 Å². The van der Waals surface area contributed by atoms with Crippen LogP contribution in [-0.4, -0.2) is 45.0 Å². The Balaban J connectivity index is 1.65. The van der Waals surface area contributed by atoms with Gasteiger partial charge in [0.2, 0.25) is 15.9 Å². The van der Waals surface area contributed by atoms with E-state index in [1.54, 1.807) is 36.9 Å². The fourth-order valence-corrected chi connectivity index (χ4v) is 4.64. The molecule has 0 spiro atoms. The molecule has 3 rings (SSSR count). The quantitative estimate of drug-likeness (QED) is 0.602. The Labute approximate surface area is 191 Å². The van der Waals surface area contributed by atoms with Crippen molar-refractivity contribution in [2.45, 2.75) is 19.6 Å². The fourth-order valence-electron chi connectivity index (χ4n) is 3.27. The number of benzene rings is 1. The number of nitriles is 1. The summed E-state index contributed by atoms with van der Waals surface area (Å²) in [6.07, 6.45) is 0. The lowest BCUT2D eigenvalue weighted by Crippen LogP contribution is -2.55. The molecule has 1 aliphatic heterocycles. The number of aromatic nitrogens is 1. The molecule has 0 aliphatic carbocycles. The van der Waals surface area contributed by atoms with Crippen LogP contribution in [0.1, 0.15) is 34.1 Å². The van der Waals surface area contributed by atoms with E-state index in [9.17, 15) is 23.3 Å². The molecule has 1 aromatic carbocycles. The maximum absolute atomic E-state index is 12.4. The van der Waals surface area contributed by atoms with E-state index in [1.807, 2.05) is 6.07 Å². The number of hydrogen-bond donors (Lipinski definition) is 1. The summed E-state index contributed by atoms with van der Waals surface area (Å²) in [6, 6.07) is 9.81. The average Bonchev–Trinajstić information content (AvgIpc) is 2.66. The Morgan fingerprint density at radius 1 is 1.34 bits per heavy atom. The molecule has 0 unspecified atom stereocenters. The number of hydrogen-bond acceptors (Lipinski definition) is 8. The van der Waals surface area contributed by atoms with Crippen molar-refractivity contribution in [1.29, 1.82) is 5.26 Å². The first-order chi connectivity index (χ1) is 15.1. The van der Waals surface area contributed by atoms with Crippen LogP contribution in [0.5, 0.6) is 0 Å². The predicted molar refractivity (Wildman–Crippen MR) is 118 cm³/mol. The van der Waals surface area contributed by atoms with E-state index in [-0.39, 0.29) is 36.6 Å². The zero-order valence-corrected chi connectivity index (χ0v) is 19.0. The van der Waals surface area contributed by atoms with E-state index in [2.05, 4.69) is 9.71 Å². The highest BCUT2D eigenvalue weighted by Gasteiger charge is 2.36. The van der Waals surface area contributed by atoms with Crippen molar-refractivity contribution in [3.8, 4) is 6.07 Å². The van der Waals surface area contributed by atoms with E-state index in [1.165, 1.54) is 12.1 Å². The van der Waals surface area contributed by atoms with Gasteiger partial charge in [0.25, 0.3) is 0 Å². The summed E-state index contributed by atoms with van der Waals surface area (Å²) in [6.45, 7) is 3.89. The summed E-state index contributed by atoms with van der Waals surface area (Å²) in [5.41, 5.74) is 1.24. The first kappa shape index (κ1) is 23.5. The number of nitrogens with zero attached hydrogens (tertiary/aromatic N) is 3. The molecular formula is C21H21ClN4O5S. The highest BCUT2D eigenvalue weighted by atomic mass is 35.5. The predicted octanol–water partition coefficient (Wildman–Crippen LogP) is 2.17. The van der Waals surface area contributed by atoms with Gasteiger partial charge < -0.3 is 9.64 Å². The average molecular weight is 477 g/mol. The standard InChI is InChI=1S/C21H21ClN4O5S/c1-3-31-21(28)18-8-15(9-23)19(24-13(18)2)26-10-16(11-26)20(27)25-32(29,30)12-14-5-4-6-17(22)7-14/h4-8,16H,3,10-12H2,1-2H3,(H,25,27). The number of aryl methyl sites for hydroxylation is 1. The molecule has 1 aliphatic rings. The van der Waals surface area contributed by atoms with Gasteiger partial charge in [-0.15, -0.1) is 0 Å². The number of carbonyl (C=O) groups excluding carboxylic acids is 2. The minimum absolute atomic E-state index is 0.172. The van der Waals surface area contributed by atoms with E-state index in [0.29, 0.717) is 22.1 Å². The number of anilines is 1. The van der Waals surface area contributed by atoms with Crippen molar-refractivity contribution in [2.75, 3.05) is 24.6 Å². The minimum atomic E-state index is -3.89. The van der Waals surface area contributed by atoms with E-state index in [4.69, 9.17) is 16.3 Å². The van der Waals surface area contributed by atoms with Gasteiger partial charge in [-0.2, -0.15) is 5.26 Å². The summed E-state index contributed by atoms with van der Waals surface area (Å²) in [7, 11) is -3.89. The van der Waals surface area contributed by atoms with Crippen LogP contribution in [0.25, 0.3) is 0 Å². The highest BCUT2D eigenvalue weighted by Crippen LogP contribution is 2.28. The lowest BCUT2D eigenvalue weighted by Gasteiger charge is -2.39. The SMILES string of the molecule is CCOC(=O)c1cc(C#N)c(N2CC(C(=O)NS(=O)(=O)Cc3cccc(Cl)c3)C2)nc1C. The molecule has 1 saturated heterocycles. The number of rotatable bonds is 7. The van der Waals surface area contributed by atoms with Crippen molar-refractivity contribution in [2.24, 2.45) is 5.92 Å². The molecule has 0 bridgehead atoms. The minimum Gasteiger partial charge on any atom is -0.462 e. The van der Waals surface area contributed by atoms with Crippen LogP contribution in [0.2, 0.25) is 5.02 Å². The van der Waals surface area contributed by atoms with Crippen molar-refractivity contribution in [3.05, 3.63) is 57.7 Å². The molecule has 11 heteroatoms. The Kier molecular flexibility index (Phi) is 7.01. The second kappa shape index (κ2) is 9.54. The summed E-state index contributed by atoms with van der Waals surface area (Å²) in [5, 5.41) is 9.87. The molecule has 0 atom stereocenters. The number of sulfonamides is 1. The van der Waals surface area contributed by atoms with E-state index >= 15 is 0 Å². The monoisotopic (exact) mass is 476 g/mol. The van der Waals surface area contributed by atoms with Gasteiger partial charge in [-0.3, -0.25) is 9.52 Å². The van der Waals surface area contributed by atoms with Crippen LogP contribution in [-0.2, 0) is 25.3 Å². The molecule has 9 nitrogen and oxygen atoms in total. The zero-order chi connectivity index (χ0) is 23.5. The number of carbonyl (C=O) groups is 2. The molecular weight excluding hydrogens is 456 g/mol. The largest absolute Gasteiger partial charge is 0.462 e. The van der Waals surface area contributed by atoms with Crippen molar-refractivity contribution in [3.63, 3.8) is 0 Å². The summed E-state index contributed by atoms with van der Waals surface area (Å²) in [5.74, 6) is -1.80. The smallest absolute Gasteiger partial charge is 0.340 e. The first-order valence-electron chi connectivity index (χ1n) is 9.76.